The van der Waals surface area contributed by atoms with Crippen molar-refractivity contribution in [3.05, 3.63) is 0 Å². The Morgan fingerprint density at radius 1 is 1.44 bits per heavy atom. The average molecular weight is 256 g/mol. The van der Waals surface area contributed by atoms with Crippen molar-refractivity contribution in [2.45, 2.75) is 71.6 Å². The number of carbonyl (C=O) groups excluding carboxylic acids is 1. The first kappa shape index (κ1) is 15.3. The highest BCUT2D eigenvalue weighted by Crippen LogP contribution is 2.22. The normalized spacial score (nSPS) is 22.7. The van der Waals surface area contributed by atoms with Gasteiger partial charge in [-0.15, -0.1) is 0 Å². The highest BCUT2D eigenvalue weighted by molar-refractivity contribution is 5.68. The molecule has 1 N–H and O–H groups in total. The molecule has 1 rings (SSSR count). The van der Waals surface area contributed by atoms with Crippen molar-refractivity contribution >= 4 is 6.09 Å². The van der Waals surface area contributed by atoms with Gasteiger partial charge in [-0.1, -0.05) is 6.92 Å². The summed E-state index contributed by atoms with van der Waals surface area (Å²) in [5.74, 6) is 0. The summed E-state index contributed by atoms with van der Waals surface area (Å²) in [6.07, 6.45) is 3.17. The summed E-state index contributed by atoms with van der Waals surface area (Å²) in [5, 5.41) is 3.41. The van der Waals surface area contributed by atoms with Gasteiger partial charge in [0.15, 0.2) is 0 Å². The highest BCUT2D eigenvalue weighted by Gasteiger charge is 2.33. The van der Waals surface area contributed by atoms with Crippen molar-refractivity contribution < 1.29 is 9.53 Å². The van der Waals surface area contributed by atoms with Crippen LogP contribution in [0.3, 0.4) is 0 Å². The Kier molecular flexibility index (Phi) is 5.45. The van der Waals surface area contributed by atoms with Crippen molar-refractivity contribution in [3.8, 4) is 0 Å². The predicted molar refractivity (Wildman–Crippen MR) is 73.7 cm³/mol. The molecule has 1 saturated heterocycles. The molecule has 0 bridgehead atoms. The van der Waals surface area contributed by atoms with Crippen LogP contribution in [0.15, 0.2) is 0 Å². The molecule has 0 aromatic heterocycles. The Morgan fingerprint density at radius 3 is 2.67 bits per heavy atom. The maximum Gasteiger partial charge on any atom is 0.410 e. The molecule has 1 heterocycles. The van der Waals surface area contributed by atoms with Crippen molar-refractivity contribution in [3.63, 3.8) is 0 Å². The fourth-order valence-electron chi connectivity index (χ4n) is 2.48. The molecule has 4 heteroatoms. The zero-order valence-corrected chi connectivity index (χ0v) is 12.5. The third kappa shape index (κ3) is 4.48. The molecule has 0 spiro atoms. The summed E-state index contributed by atoms with van der Waals surface area (Å²) in [6, 6.07) is 0.580. The fraction of sp³-hybridized carbons (Fsp3) is 0.929. The van der Waals surface area contributed by atoms with Gasteiger partial charge in [0.05, 0.1) is 6.04 Å². The summed E-state index contributed by atoms with van der Waals surface area (Å²) in [5.41, 5.74) is -0.416. The second kappa shape index (κ2) is 6.41. The van der Waals surface area contributed by atoms with Crippen molar-refractivity contribution in [2.75, 3.05) is 13.1 Å². The van der Waals surface area contributed by atoms with Gasteiger partial charge >= 0.3 is 6.09 Å². The number of piperidine rings is 1. The van der Waals surface area contributed by atoms with Crippen LogP contribution in [0.1, 0.15) is 53.9 Å². The second-order valence-corrected chi connectivity index (χ2v) is 6.08. The van der Waals surface area contributed by atoms with Crippen LogP contribution < -0.4 is 5.32 Å². The minimum atomic E-state index is -0.416. The summed E-state index contributed by atoms with van der Waals surface area (Å²) in [4.78, 5) is 14.1. The summed E-state index contributed by atoms with van der Waals surface area (Å²) < 4.78 is 5.49. The van der Waals surface area contributed by atoms with Crippen LogP contribution in [-0.4, -0.2) is 41.8 Å². The molecular formula is C14H28N2O2. The molecule has 2 atom stereocenters. The van der Waals surface area contributed by atoms with E-state index in [4.69, 9.17) is 4.74 Å². The van der Waals surface area contributed by atoms with Crippen LogP contribution >= 0.6 is 0 Å². The van der Waals surface area contributed by atoms with Crippen molar-refractivity contribution in [1.82, 2.24) is 10.2 Å². The number of likely N-dealkylation sites (tertiary alicyclic amines) is 1. The molecular weight excluding hydrogens is 228 g/mol. The fourth-order valence-corrected chi connectivity index (χ4v) is 2.48. The van der Waals surface area contributed by atoms with Gasteiger partial charge in [0.1, 0.15) is 5.60 Å². The van der Waals surface area contributed by atoms with Crippen LogP contribution in [0.25, 0.3) is 0 Å². The first-order valence-electron chi connectivity index (χ1n) is 7.08. The standard InChI is InChI=1S/C14H28N2O2/c1-6-15-11(2)12-9-7-8-10-16(12)13(17)18-14(3,4)5/h11-12,15H,6-10H2,1-5H3/t11-,12+/m1/s1. The SMILES string of the molecule is CCN[C@H](C)[C@@H]1CCCCN1C(=O)OC(C)(C)C. The molecule has 4 nitrogen and oxygen atoms in total. The lowest BCUT2D eigenvalue weighted by atomic mass is 9.97. The van der Waals surface area contributed by atoms with E-state index < -0.39 is 5.60 Å². The molecule has 1 aliphatic rings. The minimum Gasteiger partial charge on any atom is -0.444 e. The molecule has 0 unspecified atom stereocenters. The van der Waals surface area contributed by atoms with Gasteiger partial charge in [0.25, 0.3) is 0 Å². The van der Waals surface area contributed by atoms with Gasteiger partial charge in [-0.25, -0.2) is 4.79 Å². The third-order valence-corrected chi connectivity index (χ3v) is 3.28. The van der Waals surface area contributed by atoms with E-state index in [2.05, 4.69) is 19.2 Å². The van der Waals surface area contributed by atoms with Crippen LogP contribution in [-0.2, 0) is 4.74 Å². The monoisotopic (exact) mass is 256 g/mol. The number of hydrogen-bond acceptors (Lipinski definition) is 3. The van der Waals surface area contributed by atoms with Crippen LogP contribution in [0.2, 0.25) is 0 Å². The van der Waals surface area contributed by atoms with Crippen molar-refractivity contribution in [1.29, 1.82) is 0 Å². The lowest BCUT2D eigenvalue weighted by Gasteiger charge is -2.40. The van der Waals surface area contributed by atoms with Crippen LogP contribution in [0.5, 0.6) is 0 Å². The van der Waals surface area contributed by atoms with E-state index >= 15 is 0 Å². The molecule has 0 radical (unpaired) electrons. The van der Waals surface area contributed by atoms with E-state index in [9.17, 15) is 4.79 Å². The Bertz CT molecular complexity index is 273. The maximum absolute atomic E-state index is 12.2. The zero-order chi connectivity index (χ0) is 13.8. The molecule has 1 aliphatic heterocycles. The third-order valence-electron chi connectivity index (χ3n) is 3.28. The van der Waals surface area contributed by atoms with E-state index in [-0.39, 0.29) is 12.1 Å². The number of carbonyl (C=O) groups is 1. The Hall–Kier alpha value is -0.770. The highest BCUT2D eigenvalue weighted by atomic mass is 16.6. The van der Waals surface area contributed by atoms with E-state index in [0.717, 1.165) is 25.9 Å². The molecule has 106 valence electrons. The number of likely N-dealkylation sites (N-methyl/N-ethyl adjacent to an activating group) is 1. The zero-order valence-electron chi connectivity index (χ0n) is 12.5. The molecule has 0 aromatic carbocycles. The van der Waals surface area contributed by atoms with Gasteiger partial charge in [-0.3, -0.25) is 0 Å². The van der Waals surface area contributed by atoms with E-state index in [0.29, 0.717) is 6.04 Å². The number of amides is 1. The van der Waals surface area contributed by atoms with Gasteiger partial charge < -0.3 is 15.0 Å². The summed E-state index contributed by atoms with van der Waals surface area (Å²) in [7, 11) is 0. The lowest BCUT2D eigenvalue weighted by molar-refractivity contribution is 0.00569. The molecule has 0 saturated carbocycles. The van der Waals surface area contributed by atoms with Gasteiger partial charge in [-0.05, 0) is 53.5 Å². The molecule has 0 aliphatic carbocycles. The summed E-state index contributed by atoms with van der Waals surface area (Å²) >= 11 is 0. The summed E-state index contributed by atoms with van der Waals surface area (Å²) in [6.45, 7) is 11.7. The predicted octanol–water partition coefficient (Wildman–Crippen LogP) is 2.77. The number of ether oxygens (including phenoxy) is 1. The minimum absolute atomic E-state index is 0.169. The lowest BCUT2D eigenvalue weighted by Crippen LogP contribution is -2.54. The second-order valence-electron chi connectivity index (χ2n) is 6.08. The Labute approximate surface area is 111 Å². The molecule has 1 amide bonds. The van der Waals surface area contributed by atoms with Gasteiger partial charge in [0.2, 0.25) is 0 Å². The first-order chi connectivity index (χ1) is 8.35. The van der Waals surface area contributed by atoms with Crippen molar-refractivity contribution in [2.24, 2.45) is 0 Å². The maximum atomic E-state index is 12.2. The Morgan fingerprint density at radius 2 is 2.11 bits per heavy atom. The van der Waals surface area contributed by atoms with Crippen LogP contribution in [0.4, 0.5) is 4.79 Å². The smallest absolute Gasteiger partial charge is 0.410 e. The number of rotatable bonds is 3. The quantitative estimate of drug-likeness (QED) is 0.844. The largest absolute Gasteiger partial charge is 0.444 e. The van der Waals surface area contributed by atoms with Gasteiger partial charge in [0, 0.05) is 12.6 Å². The number of hydrogen-bond donors (Lipinski definition) is 1. The molecule has 18 heavy (non-hydrogen) atoms. The van der Waals surface area contributed by atoms with Crippen LogP contribution in [0, 0.1) is 0 Å². The number of nitrogens with one attached hydrogen (secondary N) is 1. The number of nitrogens with zero attached hydrogens (tertiary/aromatic N) is 1. The molecule has 1 fully saturated rings. The van der Waals surface area contributed by atoms with E-state index in [1.54, 1.807) is 0 Å². The van der Waals surface area contributed by atoms with E-state index in [1.807, 2.05) is 25.7 Å². The average Bonchev–Trinajstić information content (AvgIpc) is 2.27. The van der Waals surface area contributed by atoms with Gasteiger partial charge in [-0.2, -0.15) is 0 Å². The van der Waals surface area contributed by atoms with E-state index in [1.165, 1.54) is 6.42 Å². The first-order valence-corrected chi connectivity index (χ1v) is 7.08. The molecule has 0 aromatic rings. The Balaban J connectivity index is 2.67. The topological polar surface area (TPSA) is 41.6 Å².